The van der Waals surface area contributed by atoms with Gasteiger partial charge >= 0.3 is 0 Å². The van der Waals surface area contributed by atoms with Crippen LogP contribution in [0.15, 0.2) is 54.9 Å². The first-order chi connectivity index (χ1) is 11.2. The first-order valence-corrected chi connectivity index (χ1v) is 7.70. The molecule has 0 radical (unpaired) electrons. The largest absolute Gasteiger partial charge is 0.343 e. The van der Waals surface area contributed by atoms with Crippen molar-refractivity contribution in [2.24, 2.45) is 0 Å². The highest BCUT2D eigenvalue weighted by Crippen LogP contribution is 2.01. The number of nitrogens with zero attached hydrogens (tertiary/aromatic N) is 2. The molecular weight excluding hydrogens is 290 g/mol. The third-order valence-corrected chi connectivity index (χ3v) is 3.59. The molecule has 1 aromatic carbocycles. The van der Waals surface area contributed by atoms with E-state index in [9.17, 15) is 9.59 Å². The van der Waals surface area contributed by atoms with Crippen molar-refractivity contribution in [3.05, 3.63) is 66.0 Å². The minimum absolute atomic E-state index is 0.0118. The van der Waals surface area contributed by atoms with Crippen molar-refractivity contribution in [3.8, 4) is 0 Å². The lowest BCUT2D eigenvalue weighted by atomic mass is 10.2. The number of aromatic nitrogens is 1. The summed E-state index contributed by atoms with van der Waals surface area (Å²) >= 11 is 0. The van der Waals surface area contributed by atoms with E-state index in [4.69, 9.17) is 0 Å². The fraction of sp³-hybridized carbons (Fsp3) is 0.278. The lowest BCUT2D eigenvalue weighted by Gasteiger charge is -2.21. The van der Waals surface area contributed by atoms with Gasteiger partial charge in [0.1, 0.15) is 0 Å². The molecule has 0 aliphatic rings. The zero-order chi connectivity index (χ0) is 16.5. The van der Waals surface area contributed by atoms with Crippen molar-refractivity contribution >= 4 is 11.8 Å². The molecule has 5 heteroatoms. The van der Waals surface area contributed by atoms with Gasteiger partial charge in [0.05, 0.1) is 6.54 Å². The number of carbonyl (C=O) groups excluding carboxylic acids is 2. The predicted octanol–water partition coefficient (Wildman–Crippen LogP) is 1.90. The first kappa shape index (κ1) is 16.7. The lowest BCUT2D eigenvalue weighted by Crippen LogP contribution is -2.41. The van der Waals surface area contributed by atoms with Crippen LogP contribution in [-0.4, -0.2) is 41.3 Å². The average Bonchev–Trinajstić information content (AvgIpc) is 2.61. The monoisotopic (exact) mass is 311 g/mol. The van der Waals surface area contributed by atoms with Crippen LogP contribution in [0.3, 0.4) is 0 Å². The minimum Gasteiger partial charge on any atom is -0.343 e. The van der Waals surface area contributed by atoms with Gasteiger partial charge in [0.25, 0.3) is 5.91 Å². The fourth-order valence-electron chi connectivity index (χ4n) is 2.23. The quantitative estimate of drug-likeness (QED) is 0.849. The Kier molecular flexibility index (Phi) is 6.29. The summed E-state index contributed by atoms with van der Waals surface area (Å²) in [5.74, 6) is -0.310. The molecule has 0 spiro atoms. The second-order valence-electron chi connectivity index (χ2n) is 5.13. The summed E-state index contributed by atoms with van der Waals surface area (Å²) < 4.78 is 0. The van der Waals surface area contributed by atoms with Gasteiger partial charge in [-0.1, -0.05) is 18.2 Å². The number of likely N-dealkylation sites (N-methyl/N-ethyl adjacent to an activating group) is 1. The first-order valence-electron chi connectivity index (χ1n) is 7.70. The fourth-order valence-corrected chi connectivity index (χ4v) is 2.23. The number of rotatable bonds is 7. The molecule has 2 aromatic rings. The lowest BCUT2D eigenvalue weighted by molar-refractivity contribution is -0.129. The second-order valence-corrected chi connectivity index (χ2v) is 5.13. The summed E-state index contributed by atoms with van der Waals surface area (Å²) in [5, 5.41) is 2.67. The molecule has 2 amide bonds. The van der Waals surface area contributed by atoms with Crippen molar-refractivity contribution in [2.75, 3.05) is 19.6 Å². The molecule has 0 fully saturated rings. The molecular formula is C18H21N3O2. The standard InChI is InChI=1S/C18H21N3O2/c1-2-21(13-10-15-8-11-19-12-9-15)17(22)14-20-18(23)16-6-4-3-5-7-16/h3-9,11-12H,2,10,13-14H2,1H3,(H,20,23). The summed E-state index contributed by atoms with van der Waals surface area (Å²) in [5.41, 5.74) is 1.69. The van der Waals surface area contributed by atoms with Crippen LogP contribution in [0.1, 0.15) is 22.8 Å². The molecule has 120 valence electrons. The number of pyridine rings is 1. The van der Waals surface area contributed by atoms with Crippen LogP contribution in [0, 0.1) is 0 Å². The van der Waals surface area contributed by atoms with E-state index in [0.29, 0.717) is 18.7 Å². The molecule has 0 atom stereocenters. The van der Waals surface area contributed by atoms with Crippen molar-refractivity contribution in [3.63, 3.8) is 0 Å². The molecule has 1 heterocycles. The van der Waals surface area contributed by atoms with E-state index in [1.54, 1.807) is 41.6 Å². The molecule has 0 aliphatic heterocycles. The maximum absolute atomic E-state index is 12.2. The van der Waals surface area contributed by atoms with Crippen molar-refractivity contribution < 1.29 is 9.59 Å². The predicted molar refractivity (Wildman–Crippen MR) is 89.0 cm³/mol. The Morgan fingerprint density at radius 2 is 1.78 bits per heavy atom. The Hall–Kier alpha value is -2.69. The van der Waals surface area contributed by atoms with Gasteiger partial charge in [0.15, 0.2) is 0 Å². The summed E-state index contributed by atoms with van der Waals surface area (Å²) in [6, 6.07) is 12.8. The van der Waals surface area contributed by atoms with Gasteiger partial charge in [-0.05, 0) is 43.2 Å². The van der Waals surface area contributed by atoms with E-state index in [1.165, 1.54) is 0 Å². The Bertz CT molecular complexity index is 629. The molecule has 0 saturated carbocycles. The van der Waals surface area contributed by atoms with Crippen LogP contribution in [0.2, 0.25) is 0 Å². The molecule has 0 saturated heterocycles. The van der Waals surface area contributed by atoms with E-state index in [2.05, 4.69) is 10.3 Å². The highest BCUT2D eigenvalue weighted by Gasteiger charge is 2.13. The SMILES string of the molecule is CCN(CCc1ccncc1)C(=O)CNC(=O)c1ccccc1. The molecule has 0 bridgehead atoms. The van der Waals surface area contributed by atoms with Crippen LogP contribution in [0.25, 0.3) is 0 Å². The van der Waals surface area contributed by atoms with Gasteiger partial charge in [0, 0.05) is 31.0 Å². The normalized spacial score (nSPS) is 10.1. The maximum atomic E-state index is 12.2. The number of amides is 2. The maximum Gasteiger partial charge on any atom is 0.251 e. The van der Waals surface area contributed by atoms with Gasteiger partial charge in [-0.2, -0.15) is 0 Å². The van der Waals surface area contributed by atoms with Crippen molar-refractivity contribution in [2.45, 2.75) is 13.3 Å². The van der Waals surface area contributed by atoms with Gasteiger partial charge in [0.2, 0.25) is 5.91 Å². The van der Waals surface area contributed by atoms with Crippen LogP contribution < -0.4 is 5.32 Å². The Morgan fingerprint density at radius 3 is 2.43 bits per heavy atom. The third kappa shape index (κ3) is 5.21. The Balaban J connectivity index is 1.81. The third-order valence-electron chi connectivity index (χ3n) is 3.59. The highest BCUT2D eigenvalue weighted by molar-refractivity contribution is 5.96. The van der Waals surface area contributed by atoms with E-state index < -0.39 is 0 Å². The van der Waals surface area contributed by atoms with Crippen LogP contribution >= 0.6 is 0 Å². The number of carbonyl (C=O) groups is 2. The summed E-state index contributed by atoms with van der Waals surface area (Å²) in [7, 11) is 0. The van der Waals surface area contributed by atoms with Gasteiger partial charge < -0.3 is 10.2 Å². The molecule has 23 heavy (non-hydrogen) atoms. The number of hydrogen-bond acceptors (Lipinski definition) is 3. The van der Waals surface area contributed by atoms with E-state index in [-0.39, 0.29) is 18.4 Å². The van der Waals surface area contributed by atoms with Crippen molar-refractivity contribution in [1.29, 1.82) is 0 Å². The van der Waals surface area contributed by atoms with Gasteiger partial charge in [-0.3, -0.25) is 14.6 Å². The summed E-state index contributed by atoms with van der Waals surface area (Å²) in [6.45, 7) is 3.19. The van der Waals surface area contributed by atoms with Gasteiger partial charge in [-0.25, -0.2) is 0 Å². The number of hydrogen-bond donors (Lipinski definition) is 1. The van der Waals surface area contributed by atoms with Crippen LogP contribution in [0.5, 0.6) is 0 Å². The molecule has 0 aliphatic carbocycles. The second kappa shape index (κ2) is 8.68. The van der Waals surface area contributed by atoms with E-state index >= 15 is 0 Å². The zero-order valence-electron chi connectivity index (χ0n) is 13.2. The number of benzene rings is 1. The van der Waals surface area contributed by atoms with Crippen LogP contribution in [0.4, 0.5) is 0 Å². The molecule has 1 N–H and O–H groups in total. The Labute approximate surface area is 136 Å². The summed E-state index contributed by atoms with van der Waals surface area (Å²) in [6.07, 6.45) is 4.26. The van der Waals surface area contributed by atoms with Crippen molar-refractivity contribution in [1.82, 2.24) is 15.2 Å². The van der Waals surface area contributed by atoms with Crippen LogP contribution in [-0.2, 0) is 11.2 Å². The minimum atomic E-state index is -0.232. The zero-order valence-corrected chi connectivity index (χ0v) is 13.2. The molecule has 1 aromatic heterocycles. The molecule has 2 rings (SSSR count). The van der Waals surface area contributed by atoms with E-state index in [1.807, 2.05) is 25.1 Å². The smallest absolute Gasteiger partial charge is 0.251 e. The molecule has 0 unspecified atom stereocenters. The summed E-state index contributed by atoms with van der Waals surface area (Å²) in [4.78, 5) is 29.9. The highest BCUT2D eigenvalue weighted by atomic mass is 16.2. The topological polar surface area (TPSA) is 62.3 Å². The average molecular weight is 311 g/mol. The number of nitrogens with one attached hydrogen (secondary N) is 1. The van der Waals surface area contributed by atoms with Gasteiger partial charge in [-0.15, -0.1) is 0 Å². The molecule has 5 nitrogen and oxygen atoms in total. The Morgan fingerprint density at radius 1 is 1.09 bits per heavy atom. The van der Waals surface area contributed by atoms with E-state index in [0.717, 1.165) is 12.0 Å².